The van der Waals surface area contributed by atoms with Crippen molar-refractivity contribution >= 4 is 0 Å². The van der Waals surface area contributed by atoms with Gasteiger partial charge >= 0.3 is 0 Å². The van der Waals surface area contributed by atoms with Crippen molar-refractivity contribution in [2.45, 2.75) is 25.5 Å². The zero-order valence-electron chi connectivity index (χ0n) is 12.1. The maximum Gasteiger partial charge on any atom is 0.123 e. The summed E-state index contributed by atoms with van der Waals surface area (Å²) < 4.78 is 26.1. The second-order valence-corrected chi connectivity index (χ2v) is 5.44. The van der Waals surface area contributed by atoms with Crippen LogP contribution in [0.25, 0.3) is 0 Å². The van der Waals surface area contributed by atoms with Gasteiger partial charge in [-0.2, -0.15) is 0 Å². The predicted molar refractivity (Wildman–Crippen MR) is 78.8 cm³/mol. The standard InChI is InChI=1S/C17H19F2NO/c1-12(13-4-3-5-16(19)10-13)20-11-17(2,21)14-6-8-15(18)9-7-14/h3-10,12,20-21H,11H2,1-2H3. The molecule has 0 heterocycles. The molecule has 0 saturated carbocycles. The lowest BCUT2D eigenvalue weighted by molar-refractivity contribution is 0.0543. The summed E-state index contributed by atoms with van der Waals surface area (Å²) in [5.41, 5.74) is 0.308. The van der Waals surface area contributed by atoms with E-state index in [0.717, 1.165) is 5.56 Å². The fraction of sp³-hybridized carbons (Fsp3) is 0.294. The minimum absolute atomic E-state index is 0.104. The van der Waals surface area contributed by atoms with Gasteiger partial charge in [0.05, 0.1) is 5.60 Å². The van der Waals surface area contributed by atoms with Gasteiger partial charge in [0.1, 0.15) is 11.6 Å². The lowest BCUT2D eigenvalue weighted by atomic mass is 9.95. The van der Waals surface area contributed by atoms with Gasteiger partial charge < -0.3 is 10.4 Å². The van der Waals surface area contributed by atoms with Crippen LogP contribution in [-0.2, 0) is 5.60 Å². The molecule has 112 valence electrons. The summed E-state index contributed by atoms with van der Waals surface area (Å²) in [6, 6.07) is 12.0. The van der Waals surface area contributed by atoms with Gasteiger partial charge in [-0.25, -0.2) is 8.78 Å². The van der Waals surface area contributed by atoms with E-state index in [1.54, 1.807) is 25.1 Å². The summed E-state index contributed by atoms with van der Waals surface area (Å²) in [6.07, 6.45) is 0. The van der Waals surface area contributed by atoms with Crippen LogP contribution in [0.3, 0.4) is 0 Å². The summed E-state index contributed by atoms with van der Waals surface area (Å²) in [5.74, 6) is -0.623. The van der Waals surface area contributed by atoms with Crippen molar-refractivity contribution in [2.24, 2.45) is 0 Å². The van der Waals surface area contributed by atoms with E-state index in [0.29, 0.717) is 5.56 Å². The van der Waals surface area contributed by atoms with E-state index in [4.69, 9.17) is 0 Å². The zero-order valence-corrected chi connectivity index (χ0v) is 12.1. The number of hydrogen-bond acceptors (Lipinski definition) is 2. The van der Waals surface area contributed by atoms with Gasteiger partial charge in [0.25, 0.3) is 0 Å². The molecule has 0 aromatic heterocycles. The van der Waals surface area contributed by atoms with Crippen molar-refractivity contribution in [2.75, 3.05) is 6.54 Å². The highest BCUT2D eigenvalue weighted by atomic mass is 19.1. The van der Waals surface area contributed by atoms with Crippen LogP contribution in [0.5, 0.6) is 0 Å². The molecule has 0 radical (unpaired) electrons. The van der Waals surface area contributed by atoms with Crippen LogP contribution in [0, 0.1) is 11.6 Å². The molecule has 0 saturated heterocycles. The molecule has 0 spiro atoms. The van der Waals surface area contributed by atoms with Crippen LogP contribution in [-0.4, -0.2) is 11.7 Å². The molecule has 0 aliphatic heterocycles. The first-order chi connectivity index (χ1) is 9.88. The third-order valence-corrected chi connectivity index (χ3v) is 3.57. The molecule has 0 fully saturated rings. The molecule has 0 amide bonds. The van der Waals surface area contributed by atoms with Crippen molar-refractivity contribution < 1.29 is 13.9 Å². The maximum absolute atomic E-state index is 13.2. The van der Waals surface area contributed by atoms with Gasteiger partial charge in [-0.3, -0.25) is 0 Å². The average Bonchev–Trinajstić information content (AvgIpc) is 2.45. The van der Waals surface area contributed by atoms with Crippen LogP contribution in [0.15, 0.2) is 48.5 Å². The first kappa shape index (κ1) is 15.6. The molecule has 2 rings (SSSR count). The molecule has 2 atom stereocenters. The highest BCUT2D eigenvalue weighted by molar-refractivity contribution is 5.23. The minimum atomic E-state index is -1.13. The SMILES string of the molecule is CC(NCC(C)(O)c1ccc(F)cc1)c1cccc(F)c1. The van der Waals surface area contributed by atoms with Crippen molar-refractivity contribution in [3.63, 3.8) is 0 Å². The van der Waals surface area contributed by atoms with Crippen molar-refractivity contribution in [3.05, 3.63) is 71.3 Å². The Balaban J connectivity index is 2.02. The van der Waals surface area contributed by atoms with Crippen molar-refractivity contribution in [1.29, 1.82) is 0 Å². The van der Waals surface area contributed by atoms with Crippen molar-refractivity contribution in [1.82, 2.24) is 5.32 Å². The van der Waals surface area contributed by atoms with E-state index in [-0.39, 0.29) is 24.2 Å². The molecule has 0 aliphatic carbocycles. The van der Waals surface area contributed by atoms with E-state index in [9.17, 15) is 13.9 Å². The van der Waals surface area contributed by atoms with E-state index in [2.05, 4.69) is 5.32 Å². The largest absolute Gasteiger partial charge is 0.384 e. The Morgan fingerprint density at radius 2 is 1.76 bits per heavy atom. The van der Waals surface area contributed by atoms with Crippen LogP contribution in [0.1, 0.15) is 31.0 Å². The number of nitrogens with one attached hydrogen (secondary N) is 1. The Kier molecular flexibility index (Phi) is 4.70. The molecular formula is C17H19F2NO. The summed E-state index contributed by atoms with van der Waals surface area (Å²) >= 11 is 0. The predicted octanol–water partition coefficient (Wildman–Crippen LogP) is 3.52. The van der Waals surface area contributed by atoms with E-state index >= 15 is 0 Å². The molecule has 4 heteroatoms. The van der Waals surface area contributed by atoms with Crippen LogP contribution in [0.4, 0.5) is 8.78 Å². The van der Waals surface area contributed by atoms with E-state index in [1.807, 2.05) is 13.0 Å². The zero-order chi connectivity index (χ0) is 15.5. The Labute approximate surface area is 123 Å². The topological polar surface area (TPSA) is 32.3 Å². The summed E-state index contributed by atoms with van der Waals surface area (Å²) in [4.78, 5) is 0. The first-order valence-electron chi connectivity index (χ1n) is 6.86. The maximum atomic E-state index is 13.2. The van der Waals surface area contributed by atoms with Crippen LogP contribution >= 0.6 is 0 Å². The summed E-state index contributed by atoms with van der Waals surface area (Å²) in [6.45, 7) is 3.83. The van der Waals surface area contributed by atoms with Gasteiger partial charge in [-0.1, -0.05) is 24.3 Å². The molecule has 0 aliphatic rings. The average molecular weight is 291 g/mol. The normalized spacial score (nSPS) is 15.5. The van der Waals surface area contributed by atoms with Crippen LogP contribution < -0.4 is 5.32 Å². The monoisotopic (exact) mass is 291 g/mol. The highest BCUT2D eigenvalue weighted by Crippen LogP contribution is 2.22. The number of benzene rings is 2. The summed E-state index contributed by atoms with van der Waals surface area (Å²) in [5, 5.41) is 13.6. The minimum Gasteiger partial charge on any atom is -0.384 e. The van der Waals surface area contributed by atoms with E-state index in [1.165, 1.54) is 24.3 Å². The van der Waals surface area contributed by atoms with Gasteiger partial charge in [0.15, 0.2) is 0 Å². The van der Waals surface area contributed by atoms with Gasteiger partial charge in [0.2, 0.25) is 0 Å². The second kappa shape index (κ2) is 6.33. The fourth-order valence-corrected chi connectivity index (χ4v) is 2.16. The fourth-order valence-electron chi connectivity index (χ4n) is 2.16. The molecule has 2 N–H and O–H groups in total. The van der Waals surface area contributed by atoms with Gasteiger partial charge in [-0.15, -0.1) is 0 Å². The van der Waals surface area contributed by atoms with Crippen LogP contribution in [0.2, 0.25) is 0 Å². The number of aliphatic hydroxyl groups is 1. The lowest BCUT2D eigenvalue weighted by Crippen LogP contribution is -2.36. The van der Waals surface area contributed by atoms with Gasteiger partial charge in [0, 0.05) is 12.6 Å². The molecule has 2 unspecified atom stereocenters. The highest BCUT2D eigenvalue weighted by Gasteiger charge is 2.23. The molecular weight excluding hydrogens is 272 g/mol. The smallest absolute Gasteiger partial charge is 0.123 e. The Hall–Kier alpha value is -1.78. The molecule has 2 aromatic rings. The molecule has 0 bridgehead atoms. The molecule has 21 heavy (non-hydrogen) atoms. The molecule has 2 aromatic carbocycles. The molecule has 2 nitrogen and oxygen atoms in total. The third kappa shape index (κ3) is 4.09. The van der Waals surface area contributed by atoms with Crippen molar-refractivity contribution in [3.8, 4) is 0 Å². The lowest BCUT2D eigenvalue weighted by Gasteiger charge is -2.26. The quantitative estimate of drug-likeness (QED) is 0.883. The number of rotatable bonds is 5. The number of halogens is 2. The second-order valence-electron chi connectivity index (χ2n) is 5.44. The Morgan fingerprint density at radius 3 is 2.38 bits per heavy atom. The number of hydrogen-bond donors (Lipinski definition) is 2. The van der Waals surface area contributed by atoms with E-state index < -0.39 is 5.60 Å². The summed E-state index contributed by atoms with van der Waals surface area (Å²) in [7, 11) is 0. The third-order valence-electron chi connectivity index (χ3n) is 3.57. The Bertz CT molecular complexity index is 596. The van der Waals surface area contributed by atoms with Gasteiger partial charge in [-0.05, 0) is 49.2 Å². The first-order valence-corrected chi connectivity index (χ1v) is 6.86. The Morgan fingerprint density at radius 1 is 1.10 bits per heavy atom.